The number of nitrogens with two attached hydrogens (primary N) is 1. The summed E-state index contributed by atoms with van der Waals surface area (Å²) in [5.41, 5.74) is 11.6. The number of aryl methyl sites for hydroxylation is 2. The van der Waals surface area contributed by atoms with E-state index in [4.69, 9.17) is 55.0 Å². The molecule has 2 heterocycles. The van der Waals surface area contributed by atoms with Gasteiger partial charge >= 0.3 is 18.3 Å². The average Bonchev–Trinajstić information content (AvgIpc) is 0.762. The number of alkyl carbamates (subject to hydrolysis) is 2. The maximum absolute atomic E-state index is 14.1. The van der Waals surface area contributed by atoms with Crippen LogP contribution in [0.5, 0.6) is 0 Å². The van der Waals surface area contributed by atoms with Gasteiger partial charge in [-0.25, -0.2) is 19.2 Å². The summed E-state index contributed by atoms with van der Waals surface area (Å²) in [5.74, 6) is -2.01. The van der Waals surface area contributed by atoms with Gasteiger partial charge in [-0.2, -0.15) is 5.26 Å². The van der Waals surface area contributed by atoms with E-state index in [1.54, 1.807) is 81.1 Å². The summed E-state index contributed by atoms with van der Waals surface area (Å²) in [4.78, 5) is 85.0. The molecule has 2 saturated heterocycles. The zero-order chi connectivity index (χ0) is 72.6. The number of carbonyl (C=O) groups is 6. The number of benzene rings is 6. The third-order valence-electron chi connectivity index (χ3n) is 17.9. The Bertz CT molecular complexity index is 3880. The van der Waals surface area contributed by atoms with Crippen molar-refractivity contribution in [3.05, 3.63) is 193 Å². The molecule has 8 rings (SSSR count). The lowest BCUT2D eigenvalue weighted by Crippen LogP contribution is -2.49. The van der Waals surface area contributed by atoms with E-state index in [2.05, 4.69) is 58.9 Å². The van der Waals surface area contributed by atoms with Crippen molar-refractivity contribution in [3.63, 3.8) is 0 Å². The minimum absolute atomic E-state index is 0.173. The van der Waals surface area contributed by atoms with Gasteiger partial charge in [0.1, 0.15) is 5.60 Å². The van der Waals surface area contributed by atoms with Crippen LogP contribution in [0.2, 0.25) is 10.0 Å². The van der Waals surface area contributed by atoms with Crippen LogP contribution in [-0.4, -0.2) is 134 Å². The van der Waals surface area contributed by atoms with E-state index in [-0.39, 0.29) is 78.6 Å². The number of amides is 6. The van der Waals surface area contributed by atoms with E-state index in [0.29, 0.717) is 97.9 Å². The molecule has 0 spiro atoms. The van der Waals surface area contributed by atoms with Gasteiger partial charge in [0, 0.05) is 105 Å². The largest absolute Gasteiger partial charge is 0.453 e. The van der Waals surface area contributed by atoms with E-state index in [1.807, 2.05) is 66.7 Å². The molecule has 6 aromatic carbocycles. The molecule has 2 aliphatic heterocycles. The lowest BCUT2D eigenvalue weighted by molar-refractivity contribution is -0.0566. The minimum Gasteiger partial charge on any atom is -0.453 e. The fourth-order valence-corrected chi connectivity index (χ4v) is 13.5. The predicted molar refractivity (Wildman–Crippen MR) is 386 cm³/mol. The number of nitrogens with zero attached hydrogens (tertiary/aromatic N) is 5. The van der Waals surface area contributed by atoms with Crippen LogP contribution in [0.1, 0.15) is 157 Å². The second kappa shape index (κ2) is 37.2. The molecule has 6 aromatic rings. The Morgan fingerprint density at radius 2 is 1.13 bits per heavy atom. The Hall–Kier alpha value is -9.02. The lowest BCUT2D eigenvalue weighted by Gasteiger charge is -2.44. The molecule has 7 N–H and O–H groups in total. The van der Waals surface area contributed by atoms with Crippen LogP contribution in [0.25, 0.3) is 27.1 Å². The van der Waals surface area contributed by atoms with Crippen molar-refractivity contribution in [2.24, 2.45) is 17.6 Å². The molecular weight excluding hydrogens is 1300 g/mol. The van der Waals surface area contributed by atoms with Crippen molar-refractivity contribution >= 4 is 64.9 Å². The summed E-state index contributed by atoms with van der Waals surface area (Å²) in [6, 6.07) is 39.2. The molecule has 4 atom stereocenters. The number of piperidine rings is 2. The third-order valence-corrected chi connectivity index (χ3v) is 18.5. The highest BCUT2D eigenvalue weighted by Crippen LogP contribution is 2.48. The highest BCUT2D eigenvalue weighted by molar-refractivity contribution is 6.34. The van der Waals surface area contributed by atoms with Crippen LogP contribution in [0, 0.1) is 29.7 Å². The van der Waals surface area contributed by atoms with Gasteiger partial charge in [-0.15, -0.1) is 0 Å². The van der Waals surface area contributed by atoms with Crippen molar-refractivity contribution in [2.45, 2.75) is 136 Å². The van der Waals surface area contributed by atoms with Gasteiger partial charge in [-0.1, -0.05) is 134 Å². The van der Waals surface area contributed by atoms with Crippen LogP contribution in [-0.2, 0) is 51.3 Å². The molecule has 20 nitrogen and oxygen atoms in total. The number of ether oxygens (including phenoxy) is 3. The first kappa shape index (κ1) is 79.0. The zero-order valence-electron chi connectivity index (χ0n) is 58.6. The number of primary amides is 1. The van der Waals surface area contributed by atoms with Crippen LogP contribution in [0.4, 0.5) is 20.1 Å². The molecule has 22 heteroatoms. The van der Waals surface area contributed by atoms with Crippen LogP contribution < -0.4 is 21.7 Å². The monoisotopic (exact) mass is 1390 g/mol. The molecular formula is C77H95Cl2N9O11. The molecule has 0 aromatic heterocycles. The van der Waals surface area contributed by atoms with Gasteiger partial charge in [0.15, 0.2) is 5.69 Å². The minimum atomic E-state index is -1.42. The number of carbonyl (C=O) groups excluding carboxylic acids is 6. The van der Waals surface area contributed by atoms with Crippen LogP contribution in [0.3, 0.4) is 0 Å². The molecule has 0 radical (unpaired) electrons. The number of nitriles is 1. The van der Waals surface area contributed by atoms with E-state index in [1.165, 1.54) is 26.0 Å². The molecule has 6 amide bonds. The third kappa shape index (κ3) is 21.0. The van der Waals surface area contributed by atoms with Gasteiger partial charge in [-0.05, 0) is 161 Å². The quantitative estimate of drug-likeness (QED) is 0.0198. The summed E-state index contributed by atoms with van der Waals surface area (Å²) >= 11 is 13.8. The first-order chi connectivity index (χ1) is 47.2. The van der Waals surface area contributed by atoms with Gasteiger partial charge in [0.25, 0.3) is 5.91 Å². The topological polar surface area (TPSA) is 271 Å². The zero-order valence-corrected chi connectivity index (χ0v) is 60.1. The number of methoxy groups -OCH3 is 2. The van der Waals surface area contributed by atoms with Crippen molar-refractivity contribution < 1.29 is 53.2 Å². The Morgan fingerprint density at radius 3 is 1.57 bits per heavy atom. The molecule has 2 unspecified atom stereocenters. The van der Waals surface area contributed by atoms with Gasteiger partial charge in [0.2, 0.25) is 11.8 Å². The van der Waals surface area contributed by atoms with E-state index >= 15 is 0 Å². The number of aliphatic hydroxyl groups is 2. The van der Waals surface area contributed by atoms with Crippen molar-refractivity contribution in [3.8, 4) is 28.3 Å². The molecule has 0 saturated carbocycles. The highest BCUT2D eigenvalue weighted by Gasteiger charge is 2.45. The smallest absolute Gasteiger partial charge is 0.410 e. The van der Waals surface area contributed by atoms with Crippen molar-refractivity contribution in [2.75, 3.05) is 67.6 Å². The van der Waals surface area contributed by atoms with Gasteiger partial charge in [-0.3, -0.25) is 14.4 Å². The standard InChI is InChI=1S/C40H49ClN4O6.C35H43ClN4O5.C2H3N/c1-8-27-13-9-14-29(23-27)35-32(16-10-17-33(35)41)40(49,20-12-21-43-37(47)50-7)30-15-11-22-45(26-30)36(46)31-19-18-28(24-34(31)42-5)25-44(6)38(48)51-39(2,3)4;1-4-23-9-5-10-25(19-23)31-29(12-6-13-30(31)36)35(44,16-8-17-39-34(43)45-3)26-11-7-18-40(22-26)33(42)27-15-14-24(21-38-2)20-28(27)32(37)41;1-2-3/h9-10,13-14,16-19,23-24,30,49H,8,11-12,15,20-22,25-26H2,1-4,6-7H3,(H,43,47);5-6,9-10,12-15,19-20,26,38,44H,4,7-8,11,16-18,21-22H2,1-3H3,(H2,37,41)(H,39,43);1H3/t30-,40?;26-,35?;/m11./s1. The second-order valence-corrected chi connectivity index (χ2v) is 26.6. The highest BCUT2D eigenvalue weighted by atomic mass is 35.5. The summed E-state index contributed by atoms with van der Waals surface area (Å²) in [6.45, 7) is 21.6. The molecule has 528 valence electrons. The predicted octanol–water partition coefficient (Wildman–Crippen LogP) is 14.2. The first-order valence-electron chi connectivity index (χ1n) is 33.5. The normalized spacial score (nSPS) is 15.5. The molecule has 99 heavy (non-hydrogen) atoms. The number of rotatable bonds is 23. The van der Waals surface area contributed by atoms with Crippen molar-refractivity contribution in [1.82, 2.24) is 30.7 Å². The molecule has 0 bridgehead atoms. The fraction of sp³-hybridized carbons (Fsp3) is 0.429. The number of hydrogen-bond donors (Lipinski definition) is 6. The van der Waals surface area contributed by atoms with E-state index in [9.17, 15) is 39.0 Å². The summed E-state index contributed by atoms with van der Waals surface area (Å²) < 4.78 is 14.9. The summed E-state index contributed by atoms with van der Waals surface area (Å²) in [6.07, 6.45) is 4.21. The maximum atomic E-state index is 14.1. The Balaban J connectivity index is 0.000000302. The maximum Gasteiger partial charge on any atom is 0.410 e. The number of likely N-dealkylation sites (tertiary alicyclic amines) is 2. The van der Waals surface area contributed by atoms with Crippen LogP contribution >= 0.6 is 23.2 Å². The van der Waals surface area contributed by atoms with E-state index in [0.717, 1.165) is 51.8 Å². The second-order valence-electron chi connectivity index (χ2n) is 25.8. The fourth-order valence-electron chi connectivity index (χ4n) is 13.0. The average molecular weight is 1390 g/mol. The summed E-state index contributed by atoms with van der Waals surface area (Å²) in [7, 11) is 6.03. The van der Waals surface area contributed by atoms with E-state index < -0.39 is 41.0 Å². The van der Waals surface area contributed by atoms with Gasteiger partial charge in [0.05, 0.1) is 49.2 Å². The number of hydrogen-bond acceptors (Lipinski definition) is 13. The lowest BCUT2D eigenvalue weighted by atomic mass is 9.72. The van der Waals surface area contributed by atoms with Crippen LogP contribution in [0.15, 0.2) is 121 Å². The molecule has 2 fully saturated rings. The molecule has 0 aliphatic carbocycles. The number of halogens is 2. The summed E-state index contributed by atoms with van der Waals surface area (Å²) in [5, 5.41) is 42.5. The van der Waals surface area contributed by atoms with Crippen molar-refractivity contribution in [1.29, 1.82) is 5.26 Å². The Kier molecular flexibility index (Phi) is 29.7. The Labute approximate surface area is 592 Å². The van der Waals surface area contributed by atoms with Gasteiger partial charge < -0.3 is 60.8 Å². The SMILES string of the molecule is CC#N.CCc1cccc(-c2c(Cl)cccc2C(O)(CCCNC(=O)OC)[C@@H]2CCCN(C(=O)c3ccc(CNC)cc3C(N)=O)C2)c1.[C-]#[N+]c1cc(CN(C)C(=O)OC(C)(C)C)ccc1C(=O)N1CCC[C@@H](C(O)(CCCNC(=O)OC)c2cccc(Cl)c2-c2cccc(CC)c2)C1. The number of nitrogens with one attached hydrogen (secondary N) is 3. The Morgan fingerprint density at radius 1 is 0.677 bits per heavy atom. The first-order valence-corrected chi connectivity index (χ1v) is 34.3. The molecule has 2 aliphatic rings.